The van der Waals surface area contributed by atoms with Crippen LogP contribution in [0.25, 0.3) is 0 Å². The van der Waals surface area contributed by atoms with Crippen LogP contribution in [0.5, 0.6) is 5.75 Å². The number of carbonyl (C=O) groups excluding carboxylic acids is 1. The van der Waals surface area contributed by atoms with Crippen molar-refractivity contribution in [2.45, 2.75) is 26.8 Å². The van der Waals surface area contributed by atoms with Gasteiger partial charge in [0.2, 0.25) is 5.91 Å². The Morgan fingerprint density at radius 3 is 2.41 bits per heavy atom. The van der Waals surface area contributed by atoms with Gasteiger partial charge in [0, 0.05) is 19.5 Å². The monoisotopic (exact) mass is 233 g/mol. The van der Waals surface area contributed by atoms with Crippen LogP contribution in [0.4, 0.5) is 0 Å². The third kappa shape index (κ3) is 2.60. The van der Waals surface area contributed by atoms with Crippen molar-refractivity contribution >= 4 is 5.91 Å². The van der Waals surface area contributed by atoms with Crippen molar-refractivity contribution in [2.75, 3.05) is 7.05 Å². The molecule has 1 aliphatic rings. The molecule has 1 aromatic carbocycles. The lowest BCUT2D eigenvalue weighted by molar-refractivity contribution is -0.132. The number of phenols is 1. The zero-order valence-corrected chi connectivity index (χ0v) is 10.6. The van der Waals surface area contributed by atoms with Crippen LogP contribution in [-0.2, 0) is 11.3 Å². The summed E-state index contributed by atoms with van der Waals surface area (Å²) in [4.78, 5) is 13.8. The minimum absolute atomic E-state index is 0.181. The number of hydrogen-bond acceptors (Lipinski definition) is 2. The second-order valence-electron chi connectivity index (χ2n) is 5.61. The molecule has 3 nitrogen and oxygen atoms in total. The van der Waals surface area contributed by atoms with E-state index in [4.69, 9.17) is 0 Å². The molecule has 0 radical (unpaired) electrons. The van der Waals surface area contributed by atoms with Crippen LogP contribution >= 0.6 is 0 Å². The first-order valence-electron chi connectivity index (χ1n) is 5.93. The number of carbonyl (C=O) groups is 1. The number of phenolic OH excluding ortho intramolecular Hbond substituents is 1. The quantitative estimate of drug-likeness (QED) is 0.871. The summed E-state index contributed by atoms with van der Waals surface area (Å²) < 4.78 is 0. The fraction of sp³-hybridized carbons (Fsp3) is 0.500. The first kappa shape index (κ1) is 12.0. The minimum Gasteiger partial charge on any atom is -0.508 e. The molecule has 0 aliphatic heterocycles. The summed E-state index contributed by atoms with van der Waals surface area (Å²) in [5, 5.41) is 9.19. The number of nitrogens with zero attached hydrogens (tertiary/aromatic N) is 1. The predicted octanol–water partition coefficient (Wildman–Crippen LogP) is 2.40. The number of rotatable bonds is 3. The van der Waals surface area contributed by atoms with Crippen LogP contribution in [0.1, 0.15) is 25.8 Å². The van der Waals surface area contributed by atoms with Gasteiger partial charge in [-0.25, -0.2) is 0 Å². The third-order valence-corrected chi connectivity index (χ3v) is 3.54. The molecule has 0 spiro atoms. The van der Waals surface area contributed by atoms with Gasteiger partial charge in [0.05, 0.1) is 0 Å². The summed E-state index contributed by atoms with van der Waals surface area (Å²) in [6, 6.07) is 6.98. The number of hydrogen-bond donors (Lipinski definition) is 1. The third-order valence-electron chi connectivity index (χ3n) is 3.54. The lowest BCUT2D eigenvalue weighted by Crippen LogP contribution is -2.28. The molecule has 0 aromatic heterocycles. The van der Waals surface area contributed by atoms with Crippen LogP contribution in [-0.4, -0.2) is 23.0 Å². The number of benzene rings is 1. The Morgan fingerprint density at radius 2 is 1.94 bits per heavy atom. The van der Waals surface area contributed by atoms with E-state index < -0.39 is 0 Å². The zero-order valence-electron chi connectivity index (χ0n) is 10.6. The Balaban J connectivity index is 1.95. The molecule has 1 aliphatic carbocycles. The molecule has 1 atom stereocenters. The molecule has 0 saturated heterocycles. The van der Waals surface area contributed by atoms with Gasteiger partial charge in [0.1, 0.15) is 5.75 Å². The molecule has 1 N–H and O–H groups in total. The molecule has 0 bridgehead atoms. The van der Waals surface area contributed by atoms with Crippen molar-refractivity contribution in [1.82, 2.24) is 4.90 Å². The molecule has 1 aromatic rings. The summed E-state index contributed by atoms with van der Waals surface area (Å²) in [5.41, 5.74) is 1.22. The van der Waals surface area contributed by atoms with Crippen LogP contribution in [0.3, 0.4) is 0 Å². The molecular formula is C14H19NO2. The highest BCUT2D eigenvalue weighted by Gasteiger charge is 2.51. The van der Waals surface area contributed by atoms with E-state index in [0.29, 0.717) is 6.54 Å². The van der Waals surface area contributed by atoms with Crippen LogP contribution in [0, 0.1) is 11.3 Å². The molecule has 0 heterocycles. The predicted molar refractivity (Wildman–Crippen MR) is 66.5 cm³/mol. The topological polar surface area (TPSA) is 40.5 Å². The summed E-state index contributed by atoms with van der Waals surface area (Å²) in [7, 11) is 1.84. The van der Waals surface area contributed by atoms with E-state index in [0.717, 1.165) is 12.0 Å². The molecule has 17 heavy (non-hydrogen) atoms. The van der Waals surface area contributed by atoms with Crippen molar-refractivity contribution in [1.29, 1.82) is 0 Å². The van der Waals surface area contributed by atoms with Gasteiger partial charge < -0.3 is 10.0 Å². The zero-order chi connectivity index (χ0) is 12.6. The molecule has 1 amide bonds. The number of aromatic hydroxyl groups is 1. The Morgan fingerprint density at radius 1 is 1.41 bits per heavy atom. The van der Waals surface area contributed by atoms with E-state index in [2.05, 4.69) is 13.8 Å². The maximum Gasteiger partial charge on any atom is 0.226 e. The van der Waals surface area contributed by atoms with E-state index in [1.165, 1.54) is 0 Å². The SMILES string of the molecule is CN(Cc1ccc(O)cc1)C(=O)C1CC1(C)C. The normalized spacial score (nSPS) is 21.0. The standard InChI is InChI=1S/C14H19NO2/c1-14(2)8-12(14)13(17)15(3)9-10-4-6-11(16)7-5-10/h4-7,12,16H,8-9H2,1-3H3. The maximum absolute atomic E-state index is 12.1. The Labute approximate surface area is 102 Å². The largest absolute Gasteiger partial charge is 0.508 e. The lowest BCUT2D eigenvalue weighted by Gasteiger charge is -2.18. The van der Waals surface area contributed by atoms with Gasteiger partial charge in [0.25, 0.3) is 0 Å². The molecule has 3 heteroatoms. The van der Waals surface area contributed by atoms with Crippen molar-refractivity contribution in [2.24, 2.45) is 11.3 Å². The minimum atomic E-state index is 0.181. The molecule has 92 valence electrons. The fourth-order valence-corrected chi connectivity index (χ4v) is 2.11. The van der Waals surface area contributed by atoms with Gasteiger partial charge in [0.15, 0.2) is 0 Å². The average molecular weight is 233 g/mol. The van der Waals surface area contributed by atoms with Crippen molar-refractivity contribution < 1.29 is 9.90 Å². The van der Waals surface area contributed by atoms with Gasteiger partial charge in [-0.2, -0.15) is 0 Å². The van der Waals surface area contributed by atoms with Crippen molar-refractivity contribution in [3.05, 3.63) is 29.8 Å². The highest BCUT2D eigenvalue weighted by Crippen LogP contribution is 2.52. The summed E-state index contributed by atoms with van der Waals surface area (Å²) in [6.45, 7) is 4.86. The van der Waals surface area contributed by atoms with E-state index in [9.17, 15) is 9.90 Å². The van der Waals surface area contributed by atoms with Gasteiger partial charge in [-0.05, 0) is 29.5 Å². The van der Waals surface area contributed by atoms with Gasteiger partial charge in [-0.3, -0.25) is 4.79 Å². The van der Waals surface area contributed by atoms with Crippen LogP contribution in [0.15, 0.2) is 24.3 Å². The summed E-state index contributed by atoms with van der Waals surface area (Å²) >= 11 is 0. The second-order valence-corrected chi connectivity index (χ2v) is 5.61. The molecule has 1 fully saturated rings. The smallest absolute Gasteiger partial charge is 0.226 e. The van der Waals surface area contributed by atoms with Gasteiger partial charge in [-0.15, -0.1) is 0 Å². The van der Waals surface area contributed by atoms with E-state index >= 15 is 0 Å². The first-order chi connectivity index (χ1) is 7.90. The van der Waals surface area contributed by atoms with E-state index in [1.807, 2.05) is 19.2 Å². The molecule has 1 saturated carbocycles. The van der Waals surface area contributed by atoms with E-state index in [1.54, 1.807) is 17.0 Å². The Bertz CT molecular complexity index is 422. The van der Waals surface area contributed by atoms with E-state index in [-0.39, 0.29) is 23.0 Å². The highest BCUT2D eigenvalue weighted by molar-refractivity contribution is 5.82. The summed E-state index contributed by atoms with van der Waals surface area (Å²) in [6.07, 6.45) is 0.992. The van der Waals surface area contributed by atoms with Crippen LogP contribution in [0.2, 0.25) is 0 Å². The fourth-order valence-electron chi connectivity index (χ4n) is 2.11. The van der Waals surface area contributed by atoms with Crippen LogP contribution < -0.4 is 0 Å². The van der Waals surface area contributed by atoms with Crippen molar-refractivity contribution in [3.63, 3.8) is 0 Å². The lowest BCUT2D eigenvalue weighted by atomic mass is 10.1. The average Bonchev–Trinajstić information content (AvgIpc) is 2.90. The Hall–Kier alpha value is -1.51. The summed E-state index contributed by atoms with van der Waals surface area (Å²) in [5.74, 6) is 0.666. The van der Waals surface area contributed by atoms with Gasteiger partial charge in [-0.1, -0.05) is 26.0 Å². The van der Waals surface area contributed by atoms with Gasteiger partial charge >= 0.3 is 0 Å². The molecule has 1 unspecified atom stereocenters. The first-order valence-corrected chi connectivity index (χ1v) is 5.93. The highest BCUT2D eigenvalue weighted by atomic mass is 16.3. The maximum atomic E-state index is 12.1. The molecular weight excluding hydrogens is 214 g/mol. The Kier molecular flexibility index (Phi) is 2.86. The number of amides is 1. The molecule has 2 rings (SSSR count). The second kappa shape index (κ2) is 4.06. The van der Waals surface area contributed by atoms with Crippen molar-refractivity contribution in [3.8, 4) is 5.75 Å².